The van der Waals surface area contributed by atoms with E-state index in [-0.39, 0.29) is 6.61 Å². The van der Waals surface area contributed by atoms with Crippen molar-refractivity contribution >= 4 is 27.5 Å². The van der Waals surface area contributed by atoms with Crippen molar-refractivity contribution in [2.75, 3.05) is 42.2 Å². The van der Waals surface area contributed by atoms with Crippen molar-refractivity contribution in [2.24, 2.45) is 0 Å². The number of carbonyl (C=O) groups excluding carboxylic acids is 1. The van der Waals surface area contributed by atoms with Crippen LogP contribution in [0.3, 0.4) is 0 Å². The average Bonchev–Trinajstić information content (AvgIpc) is 2.82. The van der Waals surface area contributed by atoms with Gasteiger partial charge < -0.3 is 28.4 Å². The summed E-state index contributed by atoms with van der Waals surface area (Å²) in [5, 5.41) is 2.81. The highest BCUT2D eigenvalue weighted by Gasteiger charge is 2.28. The normalized spacial score (nSPS) is 10.3. The van der Waals surface area contributed by atoms with Gasteiger partial charge in [-0.2, -0.15) is 0 Å². The largest absolute Gasteiger partial charge is 0.496 e. The molecule has 32 heavy (non-hydrogen) atoms. The lowest BCUT2D eigenvalue weighted by molar-refractivity contribution is 0.0522. The number of ether oxygens (including phenoxy) is 6. The van der Waals surface area contributed by atoms with E-state index in [0.29, 0.717) is 56.0 Å². The first-order chi connectivity index (χ1) is 15.5. The zero-order chi connectivity index (χ0) is 24.0. The number of hydrogen-bond acceptors (Lipinski definition) is 7. The van der Waals surface area contributed by atoms with Gasteiger partial charge in [-0.15, -0.1) is 0 Å². The van der Waals surface area contributed by atoms with Crippen molar-refractivity contribution in [1.82, 2.24) is 0 Å². The summed E-state index contributed by atoms with van der Waals surface area (Å²) < 4.78 is 33.7. The van der Waals surface area contributed by atoms with Crippen molar-refractivity contribution in [2.45, 2.75) is 27.7 Å². The van der Waals surface area contributed by atoms with Crippen molar-refractivity contribution in [3.63, 3.8) is 0 Å². The summed E-state index contributed by atoms with van der Waals surface area (Å²) >= 11 is 0. The lowest BCUT2D eigenvalue weighted by Gasteiger charge is -2.22. The number of aryl methyl sites for hydroxylation is 1. The minimum absolute atomic E-state index is 0.253. The molecule has 0 atom stereocenters. The molecule has 0 aliphatic rings. The topological polar surface area (TPSA) is 72.5 Å². The van der Waals surface area contributed by atoms with Gasteiger partial charge in [-0.25, -0.2) is 4.79 Å². The predicted molar refractivity (Wildman–Crippen MR) is 126 cm³/mol. The van der Waals surface area contributed by atoms with Crippen LogP contribution in [0.15, 0.2) is 18.2 Å². The minimum Gasteiger partial charge on any atom is -0.496 e. The smallest absolute Gasteiger partial charge is 0.342 e. The molecule has 0 saturated carbocycles. The van der Waals surface area contributed by atoms with Crippen LogP contribution in [0, 0.1) is 6.92 Å². The molecule has 3 aromatic carbocycles. The predicted octanol–water partition coefficient (Wildman–Crippen LogP) is 5.55. The van der Waals surface area contributed by atoms with Gasteiger partial charge in [0, 0.05) is 10.8 Å². The highest BCUT2D eigenvalue weighted by Crippen LogP contribution is 2.52. The molecule has 0 aromatic heterocycles. The maximum Gasteiger partial charge on any atom is 0.342 e. The van der Waals surface area contributed by atoms with Gasteiger partial charge >= 0.3 is 5.97 Å². The molecule has 0 aliphatic heterocycles. The molecule has 3 rings (SSSR count). The zero-order valence-electron chi connectivity index (χ0n) is 20.3. The Kier molecular flexibility index (Phi) is 8.41. The molecule has 0 radical (unpaired) electrons. The second-order valence-corrected chi connectivity index (χ2v) is 6.51. The van der Waals surface area contributed by atoms with Crippen molar-refractivity contribution in [3.05, 3.63) is 29.3 Å². The fraction of sp³-hybridized carbons (Fsp3) is 0.400. The minimum atomic E-state index is -0.465. The molecule has 7 heteroatoms. The Morgan fingerprint density at radius 1 is 0.750 bits per heavy atom. The van der Waals surface area contributed by atoms with E-state index in [9.17, 15) is 4.79 Å². The lowest BCUT2D eigenvalue weighted by Crippen LogP contribution is -2.10. The van der Waals surface area contributed by atoms with Gasteiger partial charge in [-0.05, 0) is 37.6 Å². The highest BCUT2D eigenvalue weighted by atomic mass is 16.5. The first-order valence-corrected chi connectivity index (χ1v) is 10.5. The summed E-state index contributed by atoms with van der Waals surface area (Å²) in [4.78, 5) is 12.7. The highest BCUT2D eigenvalue weighted by molar-refractivity contribution is 6.18. The summed E-state index contributed by atoms with van der Waals surface area (Å²) in [5.41, 5.74) is 0.998. The van der Waals surface area contributed by atoms with Gasteiger partial charge in [0.05, 0.1) is 52.9 Å². The number of methoxy groups -OCH3 is 5. The van der Waals surface area contributed by atoms with Crippen LogP contribution in [0.25, 0.3) is 21.5 Å². The number of benzene rings is 3. The van der Waals surface area contributed by atoms with E-state index in [1.807, 2.05) is 26.8 Å². The van der Waals surface area contributed by atoms with Gasteiger partial charge in [-0.3, -0.25) is 0 Å². The van der Waals surface area contributed by atoms with Crippen molar-refractivity contribution in [1.29, 1.82) is 0 Å². The van der Waals surface area contributed by atoms with Gasteiger partial charge in [0.1, 0.15) is 34.3 Å². The molecule has 0 spiro atoms. The Balaban J connectivity index is 0.00000176. The monoisotopic (exact) mass is 444 g/mol. The molecule has 0 heterocycles. The van der Waals surface area contributed by atoms with Crippen LogP contribution in [-0.2, 0) is 4.74 Å². The van der Waals surface area contributed by atoms with Gasteiger partial charge in [0.2, 0.25) is 0 Å². The van der Waals surface area contributed by atoms with E-state index in [1.54, 1.807) is 47.5 Å². The molecule has 0 fully saturated rings. The van der Waals surface area contributed by atoms with Crippen LogP contribution >= 0.6 is 0 Å². The summed E-state index contributed by atoms with van der Waals surface area (Å²) in [7, 11) is 7.85. The van der Waals surface area contributed by atoms with Crippen LogP contribution in [0.5, 0.6) is 28.7 Å². The zero-order valence-corrected chi connectivity index (χ0v) is 20.3. The fourth-order valence-electron chi connectivity index (χ4n) is 3.91. The Morgan fingerprint density at radius 2 is 1.25 bits per heavy atom. The third-order valence-corrected chi connectivity index (χ3v) is 5.14. The maximum atomic E-state index is 12.7. The van der Waals surface area contributed by atoms with E-state index in [0.717, 1.165) is 5.39 Å². The van der Waals surface area contributed by atoms with Gasteiger partial charge in [-0.1, -0.05) is 13.8 Å². The quantitative estimate of drug-likeness (QED) is 0.350. The van der Waals surface area contributed by atoms with Crippen molar-refractivity contribution < 1.29 is 33.2 Å². The second kappa shape index (κ2) is 10.8. The molecule has 3 aromatic rings. The molecule has 174 valence electrons. The lowest BCUT2D eigenvalue weighted by atomic mass is 9.93. The third kappa shape index (κ3) is 3.95. The standard InChI is InChI=1S/C23H26O7.C2H6/c1-8-30-23(24)18-12(2)17-13(11-16(18)27-5)21(28-6)19-14(25-3)9-10-15(26-4)20(19)22(17)29-7;1-2/h9-11H,8H2,1-7H3;1-2H3. The number of carbonyl (C=O) groups is 1. The maximum absolute atomic E-state index is 12.7. The summed E-state index contributed by atoms with van der Waals surface area (Å²) in [6, 6.07) is 5.38. The SMILES string of the molecule is CC.CCOC(=O)c1c(OC)cc2c(OC)c3c(OC)ccc(OC)c3c(OC)c2c1C. The van der Waals surface area contributed by atoms with E-state index < -0.39 is 5.97 Å². The molecule has 0 unspecified atom stereocenters. The van der Waals surface area contributed by atoms with Crippen LogP contribution in [0.2, 0.25) is 0 Å². The molecular weight excluding hydrogens is 412 g/mol. The van der Waals surface area contributed by atoms with Crippen molar-refractivity contribution in [3.8, 4) is 28.7 Å². The summed E-state index contributed by atoms with van der Waals surface area (Å²) in [6.45, 7) is 7.84. The summed E-state index contributed by atoms with van der Waals surface area (Å²) in [5.74, 6) is 2.23. The third-order valence-electron chi connectivity index (χ3n) is 5.14. The van der Waals surface area contributed by atoms with Crippen LogP contribution in [0.1, 0.15) is 36.7 Å². The first-order valence-electron chi connectivity index (χ1n) is 10.5. The molecule has 0 saturated heterocycles. The number of fused-ring (bicyclic) bond motifs is 2. The van der Waals surface area contributed by atoms with E-state index in [4.69, 9.17) is 28.4 Å². The Hall–Kier alpha value is -3.35. The molecular formula is C25H32O7. The number of rotatable bonds is 7. The molecule has 7 nitrogen and oxygen atoms in total. The first kappa shape index (κ1) is 24.9. The average molecular weight is 445 g/mol. The molecule has 0 aliphatic carbocycles. The van der Waals surface area contributed by atoms with Gasteiger partial charge in [0.25, 0.3) is 0 Å². The van der Waals surface area contributed by atoms with E-state index in [2.05, 4.69) is 0 Å². The number of hydrogen-bond donors (Lipinski definition) is 0. The molecule has 0 bridgehead atoms. The fourth-order valence-corrected chi connectivity index (χ4v) is 3.91. The molecule has 0 N–H and O–H groups in total. The second-order valence-electron chi connectivity index (χ2n) is 6.51. The van der Waals surface area contributed by atoms with Crippen LogP contribution in [0.4, 0.5) is 0 Å². The van der Waals surface area contributed by atoms with E-state index in [1.165, 1.54) is 7.11 Å². The van der Waals surface area contributed by atoms with E-state index >= 15 is 0 Å². The Morgan fingerprint density at radius 3 is 1.69 bits per heavy atom. The Labute approximate surface area is 189 Å². The molecule has 0 amide bonds. The van der Waals surface area contributed by atoms with Gasteiger partial charge in [0.15, 0.2) is 0 Å². The summed E-state index contributed by atoms with van der Waals surface area (Å²) in [6.07, 6.45) is 0. The Bertz CT molecular complexity index is 1120. The van der Waals surface area contributed by atoms with Crippen LogP contribution in [-0.4, -0.2) is 48.1 Å². The van der Waals surface area contributed by atoms with Crippen LogP contribution < -0.4 is 23.7 Å². The number of esters is 1.